The molecule has 3 rings (SSSR count). The second-order valence-electron chi connectivity index (χ2n) is 13.9. The lowest BCUT2D eigenvalue weighted by Gasteiger charge is -2.43. The number of aryl methyl sites for hydroxylation is 1. The average molecular weight is 713 g/mol. The molecule has 7 N–H and O–H groups in total. The van der Waals surface area contributed by atoms with E-state index in [0.29, 0.717) is 11.3 Å². The number of sulfonamides is 1. The van der Waals surface area contributed by atoms with E-state index in [1.807, 2.05) is 0 Å². The minimum Gasteiger partial charge on any atom is -0.459 e. The first kappa shape index (κ1) is 40.2. The number of aliphatic hydroxyl groups is 5. The summed E-state index contributed by atoms with van der Waals surface area (Å²) in [7, 11) is -4.06. The Morgan fingerprint density at radius 2 is 1.63 bits per heavy atom. The van der Waals surface area contributed by atoms with Crippen molar-refractivity contribution in [1.82, 2.24) is 10.1 Å². The molecule has 0 bridgehead atoms. The number of cyclic esters (lactones) is 1. The zero-order valence-electron chi connectivity index (χ0n) is 29.5. The van der Waals surface area contributed by atoms with Gasteiger partial charge in [-0.15, -0.1) is 0 Å². The van der Waals surface area contributed by atoms with Gasteiger partial charge in [0.05, 0.1) is 40.4 Å². The number of amides is 2. The molecule has 0 saturated carbocycles. The normalized spacial score (nSPS) is 34.0. The van der Waals surface area contributed by atoms with Gasteiger partial charge < -0.3 is 45.0 Å². The van der Waals surface area contributed by atoms with Crippen LogP contribution < -0.4 is 10.0 Å². The summed E-state index contributed by atoms with van der Waals surface area (Å²) in [6.45, 7) is 13.7. The van der Waals surface area contributed by atoms with Gasteiger partial charge >= 0.3 is 12.0 Å². The van der Waals surface area contributed by atoms with Crippen LogP contribution in [0.15, 0.2) is 33.7 Å². The van der Waals surface area contributed by atoms with Gasteiger partial charge in [0.15, 0.2) is 0 Å². The van der Waals surface area contributed by atoms with Crippen molar-refractivity contribution in [2.45, 2.75) is 122 Å². The van der Waals surface area contributed by atoms with Gasteiger partial charge in [0.25, 0.3) is 10.0 Å². The van der Waals surface area contributed by atoms with Crippen LogP contribution in [0.25, 0.3) is 0 Å². The highest BCUT2D eigenvalue weighted by Gasteiger charge is 2.48. The third-order valence-electron chi connectivity index (χ3n) is 9.72. The highest BCUT2D eigenvalue weighted by Crippen LogP contribution is 2.33. The smallest absolute Gasteiger partial charge is 0.322 e. The Morgan fingerprint density at radius 3 is 2.16 bits per heavy atom. The van der Waals surface area contributed by atoms with Crippen LogP contribution in [0.4, 0.5) is 16.4 Å². The maximum absolute atomic E-state index is 13.8. The van der Waals surface area contributed by atoms with E-state index in [-0.39, 0.29) is 35.9 Å². The van der Waals surface area contributed by atoms with Gasteiger partial charge in [0.2, 0.25) is 5.88 Å². The number of urea groups is 1. The molecular weight excluding hydrogens is 660 g/mol. The minimum atomic E-state index is -4.06. The largest absolute Gasteiger partial charge is 0.459 e. The van der Waals surface area contributed by atoms with Gasteiger partial charge in [-0.05, 0) is 84.6 Å². The highest BCUT2D eigenvalue weighted by molar-refractivity contribution is 7.92. The maximum atomic E-state index is 13.8. The Bertz CT molecular complexity index is 1560. The van der Waals surface area contributed by atoms with Crippen molar-refractivity contribution in [3.05, 3.63) is 35.5 Å². The SMILES string of the molecule is CC[C@H]1OC(=O)[C@H](C)[C@@H](O)[C@H](C)[C@@H](O)[C@@](C)(O)C[C@@H](C)CN(C(=O)Nc2ccc(S(=O)(=O)Nc3onc(C)c3C)cc2)[C@H](C)[C@@H](O)[C@]1(C)O. The van der Waals surface area contributed by atoms with E-state index < -0.39 is 81.4 Å². The third-order valence-corrected chi connectivity index (χ3v) is 11.1. The number of esters is 1. The first-order valence-electron chi connectivity index (χ1n) is 16.4. The summed E-state index contributed by atoms with van der Waals surface area (Å²) >= 11 is 0. The van der Waals surface area contributed by atoms with Crippen LogP contribution in [0, 0.1) is 31.6 Å². The Balaban J connectivity index is 1.94. The second-order valence-corrected chi connectivity index (χ2v) is 15.6. The fraction of sp³-hybridized carbons (Fsp3) is 0.667. The standard InChI is InChI=1S/C33H52N4O11S/c1-10-25-33(9,44)28(40)22(7)37(16-17(2)15-32(8,43)27(39)19(4)26(38)20(5)30(41)47-25)31(42)34-23-11-13-24(14-12-23)49(45,46)36-29-18(3)21(6)35-48-29/h11-14,17,19-20,22,25-28,36,38-40,43-44H,10,15-16H2,1-9H3,(H,34,42)/t17-,19+,20-,22-,25-,26+,27-,28-,32+,33-/m1/s1. The predicted molar refractivity (Wildman–Crippen MR) is 180 cm³/mol. The molecule has 0 radical (unpaired) electrons. The van der Waals surface area contributed by atoms with Gasteiger partial charge in [-0.1, -0.05) is 25.9 Å². The van der Waals surface area contributed by atoms with Gasteiger partial charge in [0, 0.05) is 23.7 Å². The van der Waals surface area contributed by atoms with Crippen LogP contribution >= 0.6 is 0 Å². The van der Waals surface area contributed by atoms with Crippen LogP contribution in [0.1, 0.15) is 72.6 Å². The quantitative estimate of drug-likeness (QED) is 0.222. The van der Waals surface area contributed by atoms with Crippen molar-refractivity contribution in [3.63, 3.8) is 0 Å². The van der Waals surface area contributed by atoms with Crippen LogP contribution in [-0.4, -0.2) is 104 Å². The van der Waals surface area contributed by atoms with Crippen molar-refractivity contribution < 1.29 is 52.8 Å². The monoisotopic (exact) mass is 712 g/mol. The Hall–Kier alpha value is -3.28. The Kier molecular flexibility index (Phi) is 12.5. The lowest BCUT2D eigenvalue weighted by Crippen LogP contribution is -2.61. The molecule has 15 nitrogen and oxygen atoms in total. The summed E-state index contributed by atoms with van der Waals surface area (Å²) in [5, 5.41) is 62.9. The van der Waals surface area contributed by atoms with Gasteiger partial charge in [-0.25, -0.2) is 17.9 Å². The van der Waals surface area contributed by atoms with Crippen molar-refractivity contribution >= 4 is 33.6 Å². The number of rotatable bonds is 5. The number of hydrogen-bond acceptors (Lipinski definition) is 12. The summed E-state index contributed by atoms with van der Waals surface area (Å²) < 4.78 is 38.9. The van der Waals surface area contributed by atoms with E-state index in [4.69, 9.17) is 9.26 Å². The number of aliphatic hydroxyl groups excluding tert-OH is 3. The first-order chi connectivity index (χ1) is 22.5. The van der Waals surface area contributed by atoms with Crippen LogP contribution in [-0.2, 0) is 19.6 Å². The molecule has 0 unspecified atom stereocenters. The number of nitrogens with zero attached hydrogens (tertiary/aromatic N) is 2. The molecule has 1 fully saturated rings. The van der Waals surface area contributed by atoms with E-state index in [1.54, 1.807) is 27.7 Å². The number of carbonyl (C=O) groups is 2. The Morgan fingerprint density at radius 1 is 1.04 bits per heavy atom. The lowest BCUT2D eigenvalue weighted by atomic mass is 9.78. The number of anilines is 2. The van der Waals surface area contributed by atoms with Crippen LogP contribution in [0.2, 0.25) is 0 Å². The molecule has 1 aromatic carbocycles. The van der Waals surface area contributed by atoms with E-state index in [2.05, 4.69) is 15.2 Å². The number of aromatic nitrogens is 1. The highest BCUT2D eigenvalue weighted by atomic mass is 32.2. The fourth-order valence-corrected chi connectivity index (χ4v) is 7.37. The molecule has 0 spiro atoms. The van der Waals surface area contributed by atoms with Crippen molar-refractivity contribution in [2.75, 3.05) is 16.6 Å². The molecular formula is C33H52N4O11S. The molecule has 1 saturated heterocycles. The minimum absolute atomic E-state index is 0.0172. The molecule has 10 atom stereocenters. The van der Waals surface area contributed by atoms with Crippen LogP contribution in [0.5, 0.6) is 0 Å². The molecule has 276 valence electrons. The Labute approximate surface area is 287 Å². The molecule has 0 aliphatic carbocycles. The third kappa shape index (κ3) is 8.91. The lowest BCUT2D eigenvalue weighted by molar-refractivity contribution is -0.192. The van der Waals surface area contributed by atoms with E-state index in [0.717, 1.165) is 0 Å². The molecule has 2 heterocycles. The topological polar surface area (TPSA) is 232 Å². The number of hydrogen-bond donors (Lipinski definition) is 7. The number of benzene rings is 1. The average Bonchev–Trinajstić information content (AvgIpc) is 3.34. The summed E-state index contributed by atoms with van der Waals surface area (Å²) in [6, 6.07) is 3.50. The van der Waals surface area contributed by atoms with E-state index in [9.17, 15) is 43.5 Å². The fourth-order valence-electron chi connectivity index (χ4n) is 6.33. The molecule has 2 amide bonds. The molecule has 1 aliphatic heterocycles. The zero-order valence-corrected chi connectivity index (χ0v) is 30.4. The summed E-state index contributed by atoms with van der Waals surface area (Å²) in [5.74, 6) is -3.50. The molecule has 16 heteroatoms. The number of carbonyl (C=O) groups excluding carboxylic acids is 2. The van der Waals surface area contributed by atoms with E-state index in [1.165, 1.54) is 63.8 Å². The van der Waals surface area contributed by atoms with Gasteiger partial charge in [0.1, 0.15) is 17.8 Å². The van der Waals surface area contributed by atoms with Crippen LogP contribution in [0.3, 0.4) is 0 Å². The second kappa shape index (κ2) is 15.3. The zero-order chi connectivity index (χ0) is 37.2. The van der Waals surface area contributed by atoms with Crippen molar-refractivity contribution in [1.29, 1.82) is 0 Å². The first-order valence-corrected chi connectivity index (χ1v) is 17.9. The molecule has 49 heavy (non-hydrogen) atoms. The van der Waals surface area contributed by atoms with Crippen molar-refractivity contribution in [2.24, 2.45) is 17.8 Å². The summed E-state index contributed by atoms with van der Waals surface area (Å²) in [6.07, 6.45) is -5.73. The van der Waals surface area contributed by atoms with Gasteiger partial charge in [-0.2, -0.15) is 0 Å². The maximum Gasteiger partial charge on any atom is 0.322 e. The predicted octanol–water partition coefficient (Wildman–Crippen LogP) is 2.53. The molecule has 2 aromatic rings. The summed E-state index contributed by atoms with van der Waals surface area (Å²) in [5.41, 5.74) is -2.54. The number of ether oxygens (including phenoxy) is 1. The van der Waals surface area contributed by atoms with E-state index >= 15 is 0 Å². The summed E-state index contributed by atoms with van der Waals surface area (Å²) in [4.78, 5) is 28.1. The van der Waals surface area contributed by atoms with Gasteiger partial charge in [-0.3, -0.25) is 4.79 Å². The number of nitrogens with one attached hydrogen (secondary N) is 2. The molecule has 1 aromatic heterocycles. The van der Waals surface area contributed by atoms with Crippen molar-refractivity contribution in [3.8, 4) is 0 Å². The molecule has 1 aliphatic rings.